The molecule has 3 heterocycles. The molecule has 2 aliphatic rings. The lowest BCUT2D eigenvalue weighted by Gasteiger charge is -2.43. The van der Waals surface area contributed by atoms with Gasteiger partial charge in [0.05, 0.1) is 39.2 Å². The SMILES string of the molecule is COCCN1CCOC[C@]2(C1)CN(C(=O)c1cnoc1C)CCO2. The number of morpholine rings is 1. The van der Waals surface area contributed by atoms with Crippen molar-refractivity contribution in [3.8, 4) is 0 Å². The molecule has 1 amide bonds. The average molecular weight is 339 g/mol. The molecule has 0 aromatic carbocycles. The Morgan fingerprint density at radius 2 is 2.25 bits per heavy atom. The van der Waals surface area contributed by atoms with Crippen LogP contribution in [0.5, 0.6) is 0 Å². The Morgan fingerprint density at radius 1 is 1.38 bits per heavy atom. The second-order valence-corrected chi connectivity index (χ2v) is 6.38. The second-order valence-electron chi connectivity index (χ2n) is 6.38. The number of rotatable bonds is 4. The maximum Gasteiger partial charge on any atom is 0.259 e. The van der Waals surface area contributed by atoms with Crippen LogP contribution in [0.2, 0.25) is 0 Å². The molecule has 0 bridgehead atoms. The van der Waals surface area contributed by atoms with Crippen molar-refractivity contribution < 1.29 is 23.5 Å². The highest BCUT2D eigenvalue weighted by Gasteiger charge is 2.42. The van der Waals surface area contributed by atoms with Crippen LogP contribution >= 0.6 is 0 Å². The van der Waals surface area contributed by atoms with Crippen LogP contribution in [-0.4, -0.2) is 92.7 Å². The smallest absolute Gasteiger partial charge is 0.259 e. The Labute approximate surface area is 141 Å². The first-order valence-electron chi connectivity index (χ1n) is 8.27. The van der Waals surface area contributed by atoms with Crippen molar-refractivity contribution in [2.45, 2.75) is 12.5 Å². The van der Waals surface area contributed by atoms with E-state index in [0.717, 1.165) is 19.6 Å². The Morgan fingerprint density at radius 3 is 3.00 bits per heavy atom. The van der Waals surface area contributed by atoms with Gasteiger partial charge in [0.15, 0.2) is 0 Å². The highest BCUT2D eigenvalue weighted by atomic mass is 16.5. The van der Waals surface area contributed by atoms with Gasteiger partial charge in [0.2, 0.25) is 0 Å². The van der Waals surface area contributed by atoms with Crippen molar-refractivity contribution in [2.24, 2.45) is 0 Å². The third kappa shape index (κ3) is 3.77. The number of amides is 1. The van der Waals surface area contributed by atoms with E-state index in [0.29, 0.717) is 50.8 Å². The maximum absolute atomic E-state index is 12.7. The normalized spacial score (nSPS) is 25.8. The molecular formula is C16H25N3O5. The summed E-state index contributed by atoms with van der Waals surface area (Å²) in [6.45, 7) is 7.51. The third-order valence-electron chi connectivity index (χ3n) is 4.56. The predicted octanol–water partition coefficient (Wildman–Crippen LogP) is 0.173. The lowest BCUT2D eigenvalue weighted by atomic mass is 10.0. The van der Waals surface area contributed by atoms with E-state index in [4.69, 9.17) is 18.7 Å². The van der Waals surface area contributed by atoms with Crippen LogP contribution < -0.4 is 0 Å². The van der Waals surface area contributed by atoms with Gasteiger partial charge >= 0.3 is 0 Å². The molecule has 134 valence electrons. The first-order valence-corrected chi connectivity index (χ1v) is 8.27. The Hall–Kier alpha value is -1.48. The minimum atomic E-state index is -0.497. The summed E-state index contributed by atoms with van der Waals surface area (Å²) in [7, 11) is 1.70. The standard InChI is InChI=1S/C16H25N3O5/c1-13-14(9-17-24-13)15(20)19-5-8-23-16(11-19)10-18(3-6-21-2)4-7-22-12-16/h9H,3-8,10-12H2,1-2H3/t16-/m0/s1. The zero-order valence-electron chi connectivity index (χ0n) is 14.3. The topological polar surface area (TPSA) is 77.3 Å². The Kier molecular flexibility index (Phi) is 5.50. The van der Waals surface area contributed by atoms with Gasteiger partial charge in [0, 0.05) is 33.3 Å². The van der Waals surface area contributed by atoms with Crippen LogP contribution in [0.15, 0.2) is 10.7 Å². The van der Waals surface area contributed by atoms with Crippen molar-refractivity contribution in [3.63, 3.8) is 0 Å². The summed E-state index contributed by atoms with van der Waals surface area (Å²) in [5.74, 6) is 0.475. The molecule has 8 heteroatoms. The second kappa shape index (κ2) is 7.60. The quantitative estimate of drug-likeness (QED) is 0.774. The number of aromatic nitrogens is 1. The Bertz CT molecular complexity index is 564. The molecule has 0 saturated carbocycles. The largest absolute Gasteiger partial charge is 0.383 e. The van der Waals surface area contributed by atoms with Crippen molar-refractivity contribution in [1.82, 2.24) is 15.0 Å². The summed E-state index contributed by atoms with van der Waals surface area (Å²) >= 11 is 0. The van der Waals surface area contributed by atoms with E-state index in [2.05, 4.69) is 10.1 Å². The molecule has 1 aromatic heterocycles. The first-order chi connectivity index (χ1) is 11.6. The lowest BCUT2D eigenvalue weighted by molar-refractivity contribution is -0.133. The third-order valence-corrected chi connectivity index (χ3v) is 4.56. The van der Waals surface area contributed by atoms with E-state index in [1.54, 1.807) is 14.0 Å². The molecule has 24 heavy (non-hydrogen) atoms. The van der Waals surface area contributed by atoms with E-state index in [9.17, 15) is 4.79 Å². The molecular weight excluding hydrogens is 314 g/mol. The van der Waals surface area contributed by atoms with Gasteiger partial charge in [-0.3, -0.25) is 9.69 Å². The number of nitrogens with zero attached hydrogens (tertiary/aromatic N) is 3. The molecule has 0 N–H and O–H groups in total. The van der Waals surface area contributed by atoms with Gasteiger partial charge in [-0.25, -0.2) is 0 Å². The molecule has 0 radical (unpaired) electrons. The molecule has 3 rings (SSSR count). The summed E-state index contributed by atoms with van der Waals surface area (Å²) < 4.78 is 22.0. The number of aryl methyl sites for hydroxylation is 1. The van der Waals surface area contributed by atoms with Crippen LogP contribution in [0.25, 0.3) is 0 Å². The van der Waals surface area contributed by atoms with E-state index >= 15 is 0 Å². The summed E-state index contributed by atoms with van der Waals surface area (Å²) in [5.41, 5.74) is 0.0151. The minimum Gasteiger partial charge on any atom is -0.383 e. The molecule has 0 unspecified atom stereocenters. The van der Waals surface area contributed by atoms with Crippen molar-refractivity contribution >= 4 is 5.91 Å². The van der Waals surface area contributed by atoms with Gasteiger partial charge < -0.3 is 23.6 Å². The number of hydrogen-bond acceptors (Lipinski definition) is 7. The van der Waals surface area contributed by atoms with Crippen LogP contribution in [0.3, 0.4) is 0 Å². The molecule has 2 aliphatic heterocycles. The van der Waals surface area contributed by atoms with Crippen LogP contribution in [-0.2, 0) is 14.2 Å². The van der Waals surface area contributed by atoms with Gasteiger partial charge in [-0.1, -0.05) is 5.16 Å². The number of carbonyl (C=O) groups excluding carboxylic acids is 1. The van der Waals surface area contributed by atoms with Gasteiger partial charge in [-0.05, 0) is 6.92 Å². The molecule has 2 fully saturated rings. The fourth-order valence-corrected chi connectivity index (χ4v) is 3.27. The molecule has 1 spiro atoms. The fourth-order valence-electron chi connectivity index (χ4n) is 3.27. The lowest BCUT2D eigenvalue weighted by Crippen LogP contribution is -2.60. The maximum atomic E-state index is 12.7. The first kappa shape index (κ1) is 17.3. The van der Waals surface area contributed by atoms with E-state index in [1.165, 1.54) is 6.20 Å². The highest BCUT2D eigenvalue weighted by molar-refractivity contribution is 5.94. The average Bonchev–Trinajstić information content (AvgIpc) is 2.92. The number of methoxy groups -OCH3 is 1. The monoisotopic (exact) mass is 339 g/mol. The van der Waals surface area contributed by atoms with Gasteiger partial charge in [-0.15, -0.1) is 0 Å². The van der Waals surface area contributed by atoms with Gasteiger partial charge in [0.1, 0.15) is 16.9 Å². The predicted molar refractivity (Wildman–Crippen MR) is 85.0 cm³/mol. The molecule has 8 nitrogen and oxygen atoms in total. The number of ether oxygens (including phenoxy) is 3. The van der Waals surface area contributed by atoms with E-state index in [1.807, 2.05) is 4.90 Å². The number of carbonyl (C=O) groups is 1. The Balaban J connectivity index is 1.71. The summed E-state index contributed by atoms with van der Waals surface area (Å²) in [6, 6.07) is 0. The van der Waals surface area contributed by atoms with Crippen molar-refractivity contribution in [1.29, 1.82) is 0 Å². The summed E-state index contributed by atoms with van der Waals surface area (Å²) in [4.78, 5) is 16.8. The molecule has 2 saturated heterocycles. The molecule has 0 aliphatic carbocycles. The fraction of sp³-hybridized carbons (Fsp3) is 0.750. The van der Waals surface area contributed by atoms with Crippen LogP contribution in [0.1, 0.15) is 16.1 Å². The zero-order chi connectivity index (χ0) is 17.0. The summed E-state index contributed by atoms with van der Waals surface area (Å²) in [6.07, 6.45) is 1.48. The molecule has 1 atom stereocenters. The van der Waals surface area contributed by atoms with Crippen LogP contribution in [0, 0.1) is 6.92 Å². The highest BCUT2D eigenvalue weighted by Crippen LogP contribution is 2.24. The van der Waals surface area contributed by atoms with Crippen LogP contribution in [0.4, 0.5) is 0 Å². The summed E-state index contributed by atoms with van der Waals surface area (Å²) in [5, 5.41) is 3.70. The van der Waals surface area contributed by atoms with E-state index < -0.39 is 5.60 Å². The van der Waals surface area contributed by atoms with Crippen molar-refractivity contribution in [3.05, 3.63) is 17.5 Å². The van der Waals surface area contributed by atoms with Crippen molar-refractivity contribution in [2.75, 3.05) is 66.3 Å². The van der Waals surface area contributed by atoms with E-state index in [-0.39, 0.29) is 5.91 Å². The molecule has 1 aromatic rings. The zero-order valence-corrected chi connectivity index (χ0v) is 14.3. The van der Waals surface area contributed by atoms with Gasteiger partial charge in [0.25, 0.3) is 5.91 Å². The minimum absolute atomic E-state index is 0.0656. The van der Waals surface area contributed by atoms with Gasteiger partial charge in [-0.2, -0.15) is 0 Å². The number of hydrogen-bond donors (Lipinski definition) is 0.